The normalized spacial score (nSPS) is 10.1. The quantitative estimate of drug-likeness (QED) is 0.798. The fourth-order valence-electron chi connectivity index (χ4n) is 1.89. The van der Waals surface area contributed by atoms with Gasteiger partial charge in [-0.25, -0.2) is 0 Å². The molecule has 2 aromatic rings. The van der Waals surface area contributed by atoms with Gasteiger partial charge in [0, 0.05) is 5.56 Å². The van der Waals surface area contributed by atoms with Crippen molar-refractivity contribution < 1.29 is 14.3 Å². The Labute approximate surface area is 140 Å². The highest BCUT2D eigenvalue weighted by Crippen LogP contribution is 2.22. The van der Waals surface area contributed by atoms with E-state index >= 15 is 0 Å². The van der Waals surface area contributed by atoms with Gasteiger partial charge in [-0.15, -0.1) is 11.3 Å². The van der Waals surface area contributed by atoms with Gasteiger partial charge in [0.25, 0.3) is 5.91 Å². The number of amides is 2. The number of methoxy groups -OCH3 is 1. The number of hydrogen-bond acceptors (Lipinski definition) is 4. The van der Waals surface area contributed by atoms with E-state index in [1.54, 1.807) is 19.2 Å². The Balaban J connectivity index is 1.93. The van der Waals surface area contributed by atoms with E-state index in [9.17, 15) is 9.59 Å². The van der Waals surface area contributed by atoms with Crippen molar-refractivity contribution in [2.24, 2.45) is 0 Å². The molecular formula is C15H15BrN2O3S. The first-order valence-electron chi connectivity index (χ1n) is 6.47. The molecule has 0 aliphatic carbocycles. The van der Waals surface area contributed by atoms with E-state index in [1.807, 2.05) is 25.1 Å². The molecular weight excluding hydrogens is 368 g/mol. The summed E-state index contributed by atoms with van der Waals surface area (Å²) in [5.41, 5.74) is 6.61. The molecule has 1 aromatic heterocycles. The van der Waals surface area contributed by atoms with Crippen LogP contribution in [0.2, 0.25) is 0 Å². The van der Waals surface area contributed by atoms with Crippen LogP contribution in [0.25, 0.3) is 0 Å². The van der Waals surface area contributed by atoms with Gasteiger partial charge >= 0.3 is 0 Å². The number of benzene rings is 1. The van der Waals surface area contributed by atoms with Crippen LogP contribution in [0.1, 0.15) is 20.8 Å². The Morgan fingerprint density at radius 1 is 1.23 bits per heavy atom. The number of halogens is 1. The van der Waals surface area contributed by atoms with E-state index in [2.05, 4.69) is 26.8 Å². The third-order valence-corrected chi connectivity index (χ3v) is 4.52. The molecule has 0 spiro atoms. The molecule has 0 aliphatic heterocycles. The first kappa shape index (κ1) is 16.5. The summed E-state index contributed by atoms with van der Waals surface area (Å²) in [4.78, 5) is 24.3. The molecule has 5 nitrogen and oxygen atoms in total. The molecule has 0 fully saturated rings. The predicted molar refractivity (Wildman–Crippen MR) is 89.1 cm³/mol. The zero-order valence-corrected chi connectivity index (χ0v) is 14.5. The van der Waals surface area contributed by atoms with E-state index in [1.165, 1.54) is 11.3 Å². The standard InChI is InChI=1S/C15H15BrN2O3S/c1-9-3-4-11(21-2)10(7-9)8-14(19)17-18-15(20)12-5-6-13(16)22-12/h3-7H,8H2,1-2H3,(H,17,19)(H,18,20). The smallest absolute Gasteiger partial charge is 0.279 e. The number of carbonyl (C=O) groups excluding carboxylic acids is 2. The molecule has 116 valence electrons. The lowest BCUT2D eigenvalue weighted by atomic mass is 10.1. The van der Waals surface area contributed by atoms with Gasteiger partial charge in [-0.2, -0.15) is 0 Å². The predicted octanol–water partition coefficient (Wildman–Crippen LogP) is 2.83. The van der Waals surface area contributed by atoms with Gasteiger partial charge in [0.15, 0.2) is 0 Å². The first-order valence-corrected chi connectivity index (χ1v) is 8.08. The minimum absolute atomic E-state index is 0.124. The summed E-state index contributed by atoms with van der Waals surface area (Å²) in [6.07, 6.45) is 0.124. The molecule has 22 heavy (non-hydrogen) atoms. The van der Waals surface area contributed by atoms with Crippen molar-refractivity contribution in [2.45, 2.75) is 13.3 Å². The highest BCUT2D eigenvalue weighted by Gasteiger charge is 2.12. The zero-order valence-electron chi connectivity index (χ0n) is 12.1. The maximum absolute atomic E-state index is 11.9. The monoisotopic (exact) mass is 382 g/mol. The summed E-state index contributed by atoms with van der Waals surface area (Å²) in [5.74, 6) is -0.0117. The van der Waals surface area contributed by atoms with Crippen molar-refractivity contribution >= 4 is 39.1 Å². The second-order valence-electron chi connectivity index (χ2n) is 4.60. The number of ether oxygens (including phenoxy) is 1. The summed E-state index contributed by atoms with van der Waals surface area (Å²) in [5, 5.41) is 0. The summed E-state index contributed by atoms with van der Waals surface area (Å²) < 4.78 is 6.08. The molecule has 2 rings (SSSR count). The lowest BCUT2D eigenvalue weighted by Gasteiger charge is -2.10. The van der Waals surface area contributed by atoms with Crippen molar-refractivity contribution in [3.8, 4) is 5.75 Å². The Hall–Kier alpha value is -1.86. The maximum Gasteiger partial charge on any atom is 0.279 e. The zero-order chi connectivity index (χ0) is 16.1. The van der Waals surface area contributed by atoms with Crippen LogP contribution in [-0.2, 0) is 11.2 Å². The fraction of sp³-hybridized carbons (Fsp3) is 0.200. The SMILES string of the molecule is COc1ccc(C)cc1CC(=O)NNC(=O)c1ccc(Br)s1. The van der Waals surface area contributed by atoms with Crippen molar-refractivity contribution in [3.05, 3.63) is 50.1 Å². The lowest BCUT2D eigenvalue weighted by Crippen LogP contribution is -2.42. The highest BCUT2D eigenvalue weighted by atomic mass is 79.9. The van der Waals surface area contributed by atoms with Crippen LogP contribution in [0.15, 0.2) is 34.1 Å². The van der Waals surface area contributed by atoms with Crippen LogP contribution in [0.5, 0.6) is 5.75 Å². The molecule has 1 aromatic carbocycles. The Morgan fingerprint density at radius 3 is 2.64 bits per heavy atom. The van der Waals surface area contributed by atoms with Crippen LogP contribution >= 0.6 is 27.3 Å². The average Bonchev–Trinajstić information content (AvgIpc) is 2.92. The molecule has 0 saturated heterocycles. The minimum Gasteiger partial charge on any atom is -0.496 e. The van der Waals surface area contributed by atoms with Gasteiger partial charge < -0.3 is 4.74 Å². The maximum atomic E-state index is 11.9. The summed E-state index contributed by atoms with van der Waals surface area (Å²) in [6.45, 7) is 1.94. The highest BCUT2D eigenvalue weighted by molar-refractivity contribution is 9.11. The van der Waals surface area contributed by atoms with E-state index in [-0.39, 0.29) is 18.2 Å². The molecule has 1 heterocycles. The van der Waals surface area contributed by atoms with Crippen LogP contribution in [-0.4, -0.2) is 18.9 Å². The second kappa shape index (κ2) is 7.42. The molecule has 0 atom stereocenters. The number of rotatable bonds is 4. The summed E-state index contributed by atoms with van der Waals surface area (Å²) >= 11 is 4.58. The Kier molecular flexibility index (Phi) is 5.57. The Morgan fingerprint density at radius 2 is 2.00 bits per heavy atom. The summed E-state index contributed by atoms with van der Waals surface area (Å²) in [7, 11) is 1.56. The lowest BCUT2D eigenvalue weighted by molar-refractivity contribution is -0.121. The van der Waals surface area contributed by atoms with Crippen LogP contribution in [0, 0.1) is 6.92 Å². The van der Waals surface area contributed by atoms with Crippen molar-refractivity contribution in [3.63, 3.8) is 0 Å². The van der Waals surface area contributed by atoms with Gasteiger partial charge in [-0.3, -0.25) is 20.4 Å². The molecule has 7 heteroatoms. The van der Waals surface area contributed by atoms with Gasteiger partial charge in [0.2, 0.25) is 5.91 Å². The van der Waals surface area contributed by atoms with E-state index in [0.717, 1.165) is 14.9 Å². The number of carbonyl (C=O) groups is 2. The molecule has 2 amide bonds. The topological polar surface area (TPSA) is 67.4 Å². The largest absolute Gasteiger partial charge is 0.496 e. The number of hydrazine groups is 1. The number of aryl methyl sites for hydroxylation is 1. The van der Waals surface area contributed by atoms with Crippen molar-refractivity contribution in [1.82, 2.24) is 10.9 Å². The summed E-state index contributed by atoms with van der Waals surface area (Å²) in [6, 6.07) is 9.08. The van der Waals surface area contributed by atoms with Gasteiger partial charge in [0.05, 0.1) is 22.2 Å². The van der Waals surface area contributed by atoms with Crippen LogP contribution in [0.4, 0.5) is 0 Å². The van der Waals surface area contributed by atoms with Gasteiger partial charge in [-0.05, 0) is 41.1 Å². The molecule has 0 unspecified atom stereocenters. The molecule has 0 radical (unpaired) electrons. The van der Waals surface area contributed by atoms with Crippen molar-refractivity contribution in [2.75, 3.05) is 7.11 Å². The van der Waals surface area contributed by atoms with Crippen LogP contribution in [0.3, 0.4) is 0 Å². The Bertz CT molecular complexity index is 700. The van der Waals surface area contributed by atoms with Gasteiger partial charge in [-0.1, -0.05) is 17.7 Å². The average molecular weight is 383 g/mol. The number of nitrogens with one attached hydrogen (secondary N) is 2. The third kappa shape index (κ3) is 4.32. The van der Waals surface area contributed by atoms with Crippen LogP contribution < -0.4 is 15.6 Å². The number of thiophene rings is 1. The van der Waals surface area contributed by atoms with Crippen molar-refractivity contribution in [1.29, 1.82) is 0 Å². The fourth-order valence-corrected chi connectivity index (χ4v) is 3.17. The first-order chi connectivity index (χ1) is 10.5. The molecule has 0 bridgehead atoms. The van der Waals surface area contributed by atoms with Gasteiger partial charge in [0.1, 0.15) is 5.75 Å². The number of hydrogen-bond donors (Lipinski definition) is 2. The minimum atomic E-state index is -0.347. The van der Waals surface area contributed by atoms with E-state index in [4.69, 9.17) is 4.74 Å². The molecule has 0 saturated carbocycles. The van der Waals surface area contributed by atoms with E-state index < -0.39 is 0 Å². The van der Waals surface area contributed by atoms with E-state index in [0.29, 0.717) is 10.6 Å². The second-order valence-corrected chi connectivity index (χ2v) is 7.06. The molecule has 0 aliphatic rings. The third-order valence-electron chi connectivity index (χ3n) is 2.90. The molecule has 2 N–H and O–H groups in total.